The topological polar surface area (TPSA) is 68.0 Å². The molecular weight excluding hydrogens is 512 g/mol. The number of hydrogen-bond acceptors (Lipinski definition) is 7. The molecule has 0 saturated carbocycles. The van der Waals surface area contributed by atoms with Crippen molar-refractivity contribution in [3.05, 3.63) is 53.8 Å². The number of halogens is 3. The van der Waals surface area contributed by atoms with Gasteiger partial charge in [0, 0.05) is 37.6 Å². The Kier molecular flexibility index (Phi) is 8.40. The number of morpholine rings is 1. The molecule has 4 aromatic rings. The maximum atomic E-state index is 14.3. The Bertz CT molecular complexity index is 1360. The highest BCUT2D eigenvalue weighted by Gasteiger charge is 2.26. The first kappa shape index (κ1) is 26.3. The number of rotatable bonds is 8. The third-order valence-corrected chi connectivity index (χ3v) is 6.88. The zero-order chi connectivity index (χ0) is 24.4. The molecule has 2 aromatic carbocycles. The van der Waals surface area contributed by atoms with Crippen molar-refractivity contribution in [3.63, 3.8) is 0 Å². The minimum absolute atomic E-state index is 0. The second-order valence-corrected chi connectivity index (χ2v) is 9.22. The van der Waals surface area contributed by atoms with Crippen molar-refractivity contribution in [2.45, 2.75) is 13.3 Å². The number of amides is 1. The Labute approximate surface area is 217 Å². The maximum absolute atomic E-state index is 14.3. The molecular formula is C25H26ClF2N3O4S. The van der Waals surface area contributed by atoms with Gasteiger partial charge >= 0.3 is 0 Å². The van der Waals surface area contributed by atoms with Crippen molar-refractivity contribution in [1.82, 2.24) is 9.88 Å². The summed E-state index contributed by atoms with van der Waals surface area (Å²) in [6, 6.07) is 9.16. The lowest BCUT2D eigenvalue weighted by Crippen LogP contribution is -2.39. The van der Waals surface area contributed by atoms with Gasteiger partial charge in [-0.1, -0.05) is 23.5 Å². The van der Waals surface area contributed by atoms with E-state index in [9.17, 15) is 13.6 Å². The van der Waals surface area contributed by atoms with Gasteiger partial charge in [0.05, 0.1) is 24.5 Å². The molecule has 36 heavy (non-hydrogen) atoms. The fourth-order valence-corrected chi connectivity index (χ4v) is 5.20. The molecule has 0 unspecified atom stereocenters. The van der Waals surface area contributed by atoms with Crippen molar-refractivity contribution < 1.29 is 27.5 Å². The molecule has 0 spiro atoms. The first-order valence-corrected chi connectivity index (χ1v) is 12.4. The van der Waals surface area contributed by atoms with Crippen LogP contribution in [0.1, 0.15) is 23.9 Å². The molecule has 1 fully saturated rings. The highest BCUT2D eigenvalue weighted by atomic mass is 35.5. The van der Waals surface area contributed by atoms with Crippen molar-refractivity contribution in [1.29, 1.82) is 0 Å². The second kappa shape index (κ2) is 11.5. The number of hydrogen-bond donors (Lipinski definition) is 0. The van der Waals surface area contributed by atoms with E-state index in [0.29, 0.717) is 54.0 Å². The summed E-state index contributed by atoms with van der Waals surface area (Å²) < 4.78 is 45.4. The number of carbonyl (C=O) groups excluding carboxylic acids is 1. The molecule has 0 bridgehead atoms. The highest BCUT2D eigenvalue weighted by Crippen LogP contribution is 2.34. The number of aromatic nitrogens is 1. The molecule has 0 aliphatic carbocycles. The molecule has 11 heteroatoms. The molecule has 1 aliphatic heterocycles. The Morgan fingerprint density at radius 2 is 2.03 bits per heavy atom. The number of furan rings is 1. The lowest BCUT2D eigenvalue weighted by Gasteiger charge is -2.27. The highest BCUT2D eigenvalue weighted by molar-refractivity contribution is 7.22. The van der Waals surface area contributed by atoms with Crippen molar-refractivity contribution >= 4 is 56.0 Å². The first-order valence-electron chi connectivity index (χ1n) is 11.6. The zero-order valence-electron chi connectivity index (χ0n) is 19.7. The second-order valence-electron chi connectivity index (χ2n) is 8.21. The number of benzene rings is 2. The normalized spacial score (nSPS) is 14.2. The van der Waals surface area contributed by atoms with Crippen LogP contribution in [-0.2, 0) is 4.74 Å². The summed E-state index contributed by atoms with van der Waals surface area (Å²) in [7, 11) is 0. The van der Waals surface area contributed by atoms with Crippen LogP contribution in [0.4, 0.5) is 13.9 Å². The molecule has 3 heterocycles. The minimum atomic E-state index is -0.756. The van der Waals surface area contributed by atoms with Gasteiger partial charge in [-0.3, -0.25) is 14.6 Å². The molecule has 2 aromatic heterocycles. The van der Waals surface area contributed by atoms with Gasteiger partial charge in [-0.15, -0.1) is 12.4 Å². The quantitative estimate of drug-likeness (QED) is 0.295. The number of thiazole rings is 1. The van der Waals surface area contributed by atoms with Crippen molar-refractivity contribution in [3.8, 4) is 5.75 Å². The van der Waals surface area contributed by atoms with Crippen molar-refractivity contribution in [2.24, 2.45) is 0 Å². The fourth-order valence-electron chi connectivity index (χ4n) is 4.17. The predicted molar refractivity (Wildman–Crippen MR) is 138 cm³/mol. The van der Waals surface area contributed by atoms with E-state index in [1.807, 2.05) is 19.1 Å². The van der Waals surface area contributed by atoms with Crippen LogP contribution >= 0.6 is 23.7 Å². The summed E-state index contributed by atoms with van der Waals surface area (Å²) in [5, 5.41) is 1.03. The average Bonchev–Trinajstić information content (AvgIpc) is 3.48. The van der Waals surface area contributed by atoms with E-state index < -0.39 is 17.5 Å². The monoisotopic (exact) mass is 537 g/mol. The lowest BCUT2D eigenvalue weighted by molar-refractivity contribution is 0.0376. The van der Waals surface area contributed by atoms with E-state index in [4.69, 9.17) is 13.9 Å². The van der Waals surface area contributed by atoms with Crippen LogP contribution < -0.4 is 9.64 Å². The molecule has 1 saturated heterocycles. The molecule has 5 rings (SSSR count). The standard InChI is InChI=1S/C25H25F2N3O4S.ClH/c1-2-33-19-6-3-5-16-13-20(34-23(16)19)24(31)30(8-4-7-29-9-11-32-12-10-29)25-28-22-18(27)14-17(26)15-21(22)35-25;/h3,5-6,13-15H,2,4,7-12H2,1H3;1H. The summed E-state index contributed by atoms with van der Waals surface area (Å²) in [5.74, 6) is -1.15. The van der Waals surface area contributed by atoms with E-state index in [-0.39, 0.29) is 23.7 Å². The zero-order valence-corrected chi connectivity index (χ0v) is 21.3. The van der Waals surface area contributed by atoms with E-state index in [1.54, 1.807) is 12.1 Å². The number of anilines is 1. The van der Waals surface area contributed by atoms with Crippen LogP contribution in [0.15, 0.2) is 40.8 Å². The minimum Gasteiger partial charge on any atom is -0.490 e. The summed E-state index contributed by atoms with van der Waals surface area (Å²) >= 11 is 1.07. The molecule has 7 nitrogen and oxygen atoms in total. The van der Waals surface area contributed by atoms with Gasteiger partial charge in [0.2, 0.25) is 0 Å². The van der Waals surface area contributed by atoms with Crippen LogP contribution in [0.3, 0.4) is 0 Å². The number of para-hydroxylation sites is 1. The number of ether oxygens (including phenoxy) is 2. The molecule has 0 atom stereocenters. The summed E-state index contributed by atoms with van der Waals surface area (Å²) in [6.45, 7) is 6.50. The van der Waals surface area contributed by atoms with Crippen LogP contribution in [-0.4, -0.2) is 61.8 Å². The average molecular weight is 538 g/mol. The summed E-state index contributed by atoms with van der Waals surface area (Å²) in [5.41, 5.74) is 0.531. The van der Waals surface area contributed by atoms with Crippen LogP contribution in [0.2, 0.25) is 0 Å². The van der Waals surface area contributed by atoms with Crippen LogP contribution in [0.5, 0.6) is 5.75 Å². The van der Waals surface area contributed by atoms with Gasteiger partial charge in [0.1, 0.15) is 11.3 Å². The fraction of sp³-hybridized carbons (Fsp3) is 0.360. The largest absolute Gasteiger partial charge is 0.490 e. The van der Waals surface area contributed by atoms with Crippen LogP contribution in [0.25, 0.3) is 21.2 Å². The van der Waals surface area contributed by atoms with Crippen molar-refractivity contribution in [2.75, 3.05) is 50.9 Å². The van der Waals surface area contributed by atoms with Gasteiger partial charge in [-0.25, -0.2) is 13.8 Å². The lowest BCUT2D eigenvalue weighted by atomic mass is 10.2. The van der Waals surface area contributed by atoms with Gasteiger partial charge in [0.15, 0.2) is 28.0 Å². The number of carbonyl (C=O) groups is 1. The molecule has 192 valence electrons. The number of nitrogens with zero attached hydrogens (tertiary/aromatic N) is 3. The Morgan fingerprint density at radius 3 is 2.81 bits per heavy atom. The Hall–Kier alpha value is -2.79. The number of fused-ring (bicyclic) bond motifs is 2. The van der Waals surface area contributed by atoms with E-state index in [2.05, 4.69) is 9.88 Å². The summed E-state index contributed by atoms with van der Waals surface area (Å²) in [6.07, 6.45) is 0.670. The van der Waals surface area contributed by atoms with Gasteiger partial charge in [-0.05, 0) is 31.5 Å². The first-order chi connectivity index (χ1) is 17.0. The van der Waals surface area contributed by atoms with Gasteiger partial charge in [0.25, 0.3) is 5.91 Å². The Balaban J connectivity index is 0.00000304. The van der Waals surface area contributed by atoms with E-state index >= 15 is 0 Å². The predicted octanol–water partition coefficient (Wildman–Crippen LogP) is 5.51. The van der Waals surface area contributed by atoms with E-state index in [0.717, 1.165) is 42.4 Å². The third kappa shape index (κ3) is 5.46. The Morgan fingerprint density at radius 1 is 1.22 bits per heavy atom. The molecule has 0 N–H and O–H groups in total. The third-order valence-electron chi connectivity index (χ3n) is 5.86. The van der Waals surface area contributed by atoms with E-state index in [1.165, 1.54) is 11.0 Å². The summed E-state index contributed by atoms with van der Waals surface area (Å²) in [4.78, 5) is 21.8. The molecule has 0 radical (unpaired) electrons. The molecule has 1 amide bonds. The van der Waals surface area contributed by atoms with Crippen LogP contribution in [0, 0.1) is 11.6 Å². The SMILES string of the molecule is CCOc1cccc2cc(C(=O)N(CCCN3CCOCC3)c3nc4c(F)cc(F)cc4s3)oc12.Cl. The smallest absolute Gasteiger partial charge is 0.295 e. The van der Waals surface area contributed by atoms with Gasteiger partial charge < -0.3 is 13.9 Å². The maximum Gasteiger partial charge on any atom is 0.295 e. The van der Waals surface area contributed by atoms with Gasteiger partial charge in [-0.2, -0.15) is 0 Å². The molecule has 1 aliphatic rings.